The van der Waals surface area contributed by atoms with Gasteiger partial charge in [-0.25, -0.2) is 4.39 Å². The normalized spacial score (nSPS) is 14.2. The Morgan fingerprint density at radius 2 is 1.84 bits per heavy atom. The van der Waals surface area contributed by atoms with Gasteiger partial charge in [0.1, 0.15) is 5.82 Å². The maximum Gasteiger partial charge on any atom is 0.124 e. The fourth-order valence-electron chi connectivity index (χ4n) is 2.02. The van der Waals surface area contributed by atoms with Crippen LogP contribution in [-0.4, -0.2) is 5.11 Å². The van der Waals surface area contributed by atoms with E-state index in [1.54, 1.807) is 37.3 Å². The highest BCUT2D eigenvalue weighted by Gasteiger charge is 2.23. The second-order valence-electron chi connectivity index (χ2n) is 4.74. The van der Waals surface area contributed by atoms with Gasteiger partial charge in [0.25, 0.3) is 0 Å². The third-order valence-corrected chi connectivity index (χ3v) is 3.65. The molecule has 0 aliphatic rings. The largest absolute Gasteiger partial charge is 0.385 e. The molecule has 1 unspecified atom stereocenters. The van der Waals surface area contributed by atoms with Crippen LogP contribution in [0.25, 0.3) is 0 Å². The lowest BCUT2D eigenvalue weighted by Gasteiger charge is -2.24. The summed E-state index contributed by atoms with van der Waals surface area (Å²) in [5.74, 6) is -0.323. The molecule has 1 atom stereocenters. The summed E-state index contributed by atoms with van der Waals surface area (Å²) in [4.78, 5) is 0. The molecule has 2 aromatic carbocycles. The lowest BCUT2D eigenvalue weighted by molar-refractivity contribution is 0.0575. The summed E-state index contributed by atoms with van der Waals surface area (Å²) >= 11 is 9.07. The Balaban J connectivity index is 2.27. The Kier molecular flexibility index (Phi) is 4.29. The van der Waals surface area contributed by atoms with Crippen LogP contribution in [-0.2, 0) is 12.0 Å². The summed E-state index contributed by atoms with van der Waals surface area (Å²) in [5.41, 5.74) is 0.404. The SMILES string of the molecule is CC(O)(Cc1cc(F)cc(Br)c1)c1ccc(Cl)cc1. The first-order valence-corrected chi connectivity index (χ1v) is 6.97. The zero-order valence-corrected chi connectivity index (χ0v) is 12.7. The van der Waals surface area contributed by atoms with E-state index in [-0.39, 0.29) is 5.82 Å². The monoisotopic (exact) mass is 342 g/mol. The highest BCUT2D eigenvalue weighted by molar-refractivity contribution is 9.10. The smallest absolute Gasteiger partial charge is 0.124 e. The first kappa shape index (κ1) is 14.5. The molecule has 0 aromatic heterocycles. The summed E-state index contributed by atoms with van der Waals surface area (Å²) in [7, 11) is 0. The van der Waals surface area contributed by atoms with E-state index in [1.165, 1.54) is 12.1 Å². The van der Waals surface area contributed by atoms with Crippen molar-refractivity contribution in [1.82, 2.24) is 0 Å². The van der Waals surface area contributed by atoms with Crippen molar-refractivity contribution in [3.05, 3.63) is 68.9 Å². The number of hydrogen-bond donors (Lipinski definition) is 1. The van der Waals surface area contributed by atoms with Crippen molar-refractivity contribution in [1.29, 1.82) is 0 Å². The van der Waals surface area contributed by atoms with E-state index in [9.17, 15) is 9.50 Å². The molecule has 0 spiro atoms. The predicted octanol–water partition coefficient (Wildman–Crippen LogP) is 4.69. The average Bonchev–Trinajstić information content (AvgIpc) is 2.27. The van der Waals surface area contributed by atoms with Crippen LogP contribution in [0.1, 0.15) is 18.1 Å². The first-order valence-electron chi connectivity index (χ1n) is 5.80. The van der Waals surface area contributed by atoms with Gasteiger partial charge in [-0.3, -0.25) is 0 Å². The Labute approximate surface area is 125 Å². The van der Waals surface area contributed by atoms with Gasteiger partial charge in [0.15, 0.2) is 0 Å². The molecule has 0 saturated heterocycles. The summed E-state index contributed by atoms with van der Waals surface area (Å²) in [6.45, 7) is 1.70. The van der Waals surface area contributed by atoms with Crippen molar-refractivity contribution >= 4 is 27.5 Å². The van der Waals surface area contributed by atoms with Gasteiger partial charge in [0, 0.05) is 15.9 Å². The number of aliphatic hydroxyl groups is 1. The van der Waals surface area contributed by atoms with Gasteiger partial charge in [0.05, 0.1) is 5.60 Å². The van der Waals surface area contributed by atoms with Crippen LogP contribution in [0.4, 0.5) is 4.39 Å². The Morgan fingerprint density at radius 1 is 1.21 bits per heavy atom. The van der Waals surface area contributed by atoms with Crippen molar-refractivity contribution in [3.8, 4) is 0 Å². The van der Waals surface area contributed by atoms with E-state index >= 15 is 0 Å². The molecule has 0 bridgehead atoms. The topological polar surface area (TPSA) is 20.2 Å². The molecule has 1 N–H and O–H groups in total. The van der Waals surface area contributed by atoms with Crippen LogP contribution < -0.4 is 0 Å². The summed E-state index contributed by atoms with van der Waals surface area (Å²) in [5, 5.41) is 11.1. The molecule has 0 radical (unpaired) electrons. The minimum absolute atomic E-state index is 0.323. The van der Waals surface area contributed by atoms with Crippen molar-refractivity contribution in [2.24, 2.45) is 0 Å². The van der Waals surface area contributed by atoms with Gasteiger partial charge in [-0.05, 0) is 48.4 Å². The Hall–Kier alpha value is -0.900. The van der Waals surface area contributed by atoms with Gasteiger partial charge in [-0.15, -0.1) is 0 Å². The molecule has 0 fully saturated rings. The molecule has 0 heterocycles. The standard InChI is InChI=1S/C15H13BrClFO/c1-15(19,11-2-4-13(17)5-3-11)9-10-6-12(16)8-14(18)7-10/h2-8,19H,9H2,1H3. The molecule has 0 aliphatic carbocycles. The lowest BCUT2D eigenvalue weighted by atomic mass is 9.89. The van der Waals surface area contributed by atoms with Crippen molar-refractivity contribution < 1.29 is 9.50 Å². The molecule has 0 aliphatic heterocycles. The van der Waals surface area contributed by atoms with E-state index in [2.05, 4.69) is 15.9 Å². The quantitative estimate of drug-likeness (QED) is 0.857. The molecule has 2 aromatic rings. The van der Waals surface area contributed by atoms with E-state index in [1.807, 2.05) is 0 Å². The van der Waals surface area contributed by atoms with E-state index in [0.717, 1.165) is 11.1 Å². The molecule has 4 heteroatoms. The molecule has 0 saturated carbocycles. The minimum atomic E-state index is -1.07. The van der Waals surface area contributed by atoms with Gasteiger partial charge < -0.3 is 5.11 Å². The molecular formula is C15H13BrClFO. The van der Waals surface area contributed by atoms with E-state index < -0.39 is 5.60 Å². The maximum absolute atomic E-state index is 13.3. The first-order chi connectivity index (χ1) is 8.87. The van der Waals surface area contributed by atoms with Crippen LogP contribution in [0, 0.1) is 5.82 Å². The lowest BCUT2D eigenvalue weighted by Crippen LogP contribution is -2.24. The van der Waals surface area contributed by atoms with Crippen LogP contribution in [0.2, 0.25) is 5.02 Å². The van der Waals surface area contributed by atoms with Crippen LogP contribution in [0.15, 0.2) is 46.9 Å². The Morgan fingerprint density at radius 3 is 2.42 bits per heavy atom. The molecular weight excluding hydrogens is 331 g/mol. The van der Waals surface area contributed by atoms with E-state index in [4.69, 9.17) is 11.6 Å². The highest BCUT2D eigenvalue weighted by Crippen LogP contribution is 2.28. The second-order valence-corrected chi connectivity index (χ2v) is 6.09. The zero-order chi connectivity index (χ0) is 14.0. The van der Waals surface area contributed by atoms with Crippen molar-refractivity contribution in [2.75, 3.05) is 0 Å². The predicted molar refractivity (Wildman–Crippen MR) is 78.8 cm³/mol. The van der Waals surface area contributed by atoms with Gasteiger partial charge in [0.2, 0.25) is 0 Å². The maximum atomic E-state index is 13.3. The summed E-state index contributed by atoms with van der Waals surface area (Å²) < 4.78 is 14.0. The average molecular weight is 344 g/mol. The molecule has 100 valence electrons. The molecule has 2 rings (SSSR count). The second kappa shape index (κ2) is 5.61. The molecule has 0 amide bonds. The van der Waals surface area contributed by atoms with Crippen LogP contribution >= 0.6 is 27.5 Å². The van der Waals surface area contributed by atoms with Gasteiger partial charge >= 0.3 is 0 Å². The number of hydrogen-bond acceptors (Lipinski definition) is 1. The zero-order valence-electron chi connectivity index (χ0n) is 10.3. The highest BCUT2D eigenvalue weighted by atomic mass is 79.9. The minimum Gasteiger partial charge on any atom is -0.385 e. The molecule has 19 heavy (non-hydrogen) atoms. The molecule has 1 nitrogen and oxygen atoms in total. The van der Waals surface area contributed by atoms with Crippen LogP contribution in [0.3, 0.4) is 0 Å². The summed E-state index contributed by atoms with van der Waals surface area (Å²) in [6.07, 6.45) is 0.324. The van der Waals surface area contributed by atoms with Gasteiger partial charge in [-0.1, -0.05) is 39.7 Å². The van der Waals surface area contributed by atoms with Gasteiger partial charge in [-0.2, -0.15) is 0 Å². The number of halogens is 3. The van der Waals surface area contributed by atoms with Crippen molar-refractivity contribution in [3.63, 3.8) is 0 Å². The third-order valence-electron chi connectivity index (χ3n) is 2.94. The fourth-order valence-corrected chi connectivity index (χ4v) is 2.66. The number of rotatable bonds is 3. The van der Waals surface area contributed by atoms with Crippen molar-refractivity contribution in [2.45, 2.75) is 18.9 Å². The fraction of sp³-hybridized carbons (Fsp3) is 0.200. The number of benzene rings is 2. The third kappa shape index (κ3) is 3.78. The Bertz CT molecular complexity index is 561. The summed E-state index contributed by atoms with van der Waals surface area (Å²) in [6, 6.07) is 11.6. The van der Waals surface area contributed by atoms with E-state index in [0.29, 0.717) is 15.9 Å². The van der Waals surface area contributed by atoms with Crippen LogP contribution in [0.5, 0.6) is 0 Å².